The number of anilines is 1. The summed E-state index contributed by atoms with van der Waals surface area (Å²) < 4.78 is 11.8. The van der Waals surface area contributed by atoms with Crippen molar-refractivity contribution in [3.8, 4) is 11.5 Å². The molecule has 37 heavy (non-hydrogen) atoms. The van der Waals surface area contributed by atoms with E-state index in [1.54, 1.807) is 11.9 Å². The van der Waals surface area contributed by atoms with Gasteiger partial charge in [0, 0.05) is 49.9 Å². The molecule has 1 heterocycles. The maximum atomic E-state index is 13.6. The van der Waals surface area contributed by atoms with E-state index in [2.05, 4.69) is 26.1 Å². The number of amidine groups is 1. The molecule has 2 N–H and O–H groups in total. The number of fused-ring (bicyclic) bond motifs is 1. The molecule has 0 aliphatic carbocycles. The van der Waals surface area contributed by atoms with E-state index in [1.807, 2.05) is 57.1 Å². The number of ether oxygens (including phenoxy) is 2. The molecule has 0 saturated heterocycles. The molecule has 1 aliphatic rings. The first-order chi connectivity index (χ1) is 17.4. The number of carbonyl (C=O) groups excluding carboxylic acids is 2. The highest BCUT2D eigenvalue weighted by atomic mass is 16.5. The van der Waals surface area contributed by atoms with Crippen LogP contribution in [-0.2, 0) is 23.2 Å². The first-order valence-corrected chi connectivity index (χ1v) is 12.8. The van der Waals surface area contributed by atoms with Crippen LogP contribution < -0.4 is 19.7 Å². The van der Waals surface area contributed by atoms with Crippen LogP contribution in [-0.4, -0.2) is 63.3 Å². The van der Waals surface area contributed by atoms with Crippen LogP contribution in [0.5, 0.6) is 11.5 Å². The second kappa shape index (κ2) is 11.2. The van der Waals surface area contributed by atoms with Crippen molar-refractivity contribution in [3.05, 3.63) is 52.1 Å². The quantitative estimate of drug-likeness (QED) is 0.468. The van der Waals surface area contributed by atoms with E-state index in [1.165, 1.54) is 0 Å². The van der Waals surface area contributed by atoms with E-state index in [9.17, 15) is 9.59 Å². The Hall–Kier alpha value is -3.55. The Morgan fingerprint density at radius 1 is 1.08 bits per heavy atom. The predicted octanol–water partition coefficient (Wildman–Crippen LogP) is 4.16. The smallest absolute Gasteiger partial charge is 0.224 e. The van der Waals surface area contributed by atoms with Crippen LogP contribution in [0.25, 0.3) is 0 Å². The fourth-order valence-electron chi connectivity index (χ4n) is 4.52. The summed E-state index contributed by atoms with van der Waals surface area (Å²) >= 11 is 0. The minimum absolute atomic E-state index is 0.0650. The van der Waals surface area contributed by atoms with Crippen molar-refractivity contribution < 1.29 is 19.1 Å². The van der Waals surface area contributed by atoms with Gasteiger partial charge in [0.2, 0.25) is 5.91 Å². The van der Waals surface area contributed by atoms with E-state index in [4.69, 9.17) is 14.9 Å². The first kappa shape index (κ1) is 28.0. The summed E-state index contributed by atoms with van der Waals surface area (Å²) in [5, 5.41) is 11.4. The molecule has 0 saturated carbocycles. The van der Waals surface area contributed by atoms with Crippen LogP contribution in [0.4, 0.5) is 5.69 Å². The van der Waals surface area contributed by atoms with Gasteiger partial charge in [0.25, 0.3) is 0 Å². The van der Waals surface area contributed by atoms with E-state index in [-0.39, 0.29) is 35.9 Å². The zero-order valence-electron chi connectivity index (χ0n) is 23.4. The van der Waals surface area contributed by atoms with Gasteiger partial charge in [0.1, 0.15) is 17.3 Å². The van der Waals surface area contributed by atoms with Gasteiger partial charge in [-0.1, -0.05) is 20.8 Å². The van der Waals surface area contributed by atoms with Crippen LogP contribution in [0.1, 0.15) is 67.2 Å². The SMILES string of the molecule is CCOc1cc2c(cc1CC(=O)NC)C(=N)N(CC(=O)c1cc(N(C)C)c(OCC)c(C(C)(C)C)c1)C2. The van der Waals surface area contributed by atoms with Crippen molar-refractivity contribution in [1.82, 2.24) is 10.2 Å². The molecule has 1 aliphatic heterocycles. The van der Waals surface area contributed by atoms with E-state index in [0.29, 0.717) is 31.1 Å². The Balaban J connectivity index is 1.93. The number of Topliss-reactive ketones (excluding diaryl/α,β-unsaturated/α-hetero) is 1. The van der Waals surface area contributed by atoms with Gasteiger partial charge in [-0.05, 0) is 49.1 Å². The molecule has 1 amide bonds. The maximum Gasteiger partial charge on any atom is 0.224 e. The van der Waals surface area contributed by atoms with Crippen LogP contribution in [0.3, 0.4) is 0 Å². The zero-order valence-corrected chi connectivity index (χ0v) is 23.4. The molecule has 0 fully saturated rings. The number of benzene rings is 2. The Morgan fingerprint density at radius 3 is 2.32 bits per heavy atom. The number of amides is 1. The predicted molar refractivity (Wildman–Crippen MR) is 148 cm³/mol. The van der Waals surface area contributed by atoms with Crippen molar-refractivity contribution in [2.24, 2.45) is 0 Å². The molecule has 0 aromatic heterocycles. The summed E-state index contributed by atoms with van der Waals surface area (Å²) in [4.78, 5) is 29.3. The third-order valence-electron chi connectivity index (χ3n) is 6.45. The van der Waals surface area contributed by atoms with Crippen molar-refractivity contribution in [1.29, 1.82) is 5.41 Å². The normalized spacial score (nSPS) is 12.9. The third-order valence-corrected chi connectivity index (χ3v) is 6.45. The summed E-state index contributed by atoms with van der Waals surface area (Å²) in [6.07, 6.45) is 0.167. The number of hydrogen-bond donors (Lipinski definition) is 2. The topological polar surface area (TPSA) is 95.0 Å². The molecular weight excluding hydrogens is 468 g/mol. The van der Waals surface area contributed by atoms with E-state index in [0.717, 1.165) is 33.7 Å². The van der Waals surface area contributed by atoms with Crippen molar-refractivity contribution in [2.75, 3.05) is 45.8 Å². The summed E-state index contributed by atoms with van der Waals surface area (Å²) in [7, 11) is 5.48. The summed E-state index contributed by atoms with van der Waals surface area (Å²) in [6.45, 7) is 11.7. The third kappa shape index (κ3) is 6.06. The Labute approximate surface area is 220 Å². The van der Waals surface area contributed by atoms with E-state index >= 15 is 0 Å². The number of carbonyl (C=O) groups is 2. The average Bonchev–Trinajstić information content (AvgIpc) is 3.12. The standard InChI is InChI=1S/C29H40N4O4/c1-9-36-25-14-20-16-33(28(30)21(20)11-19(25)15-26(35)31-6)17-24(34)18-12-22(29(3,4)5)27(37-10-2)23(13-18)32(7)8/h11-14,30H,9-10,15-17H2,1-8H3,(H,31,35). The molecule has 8 nitrogen and oxygen atoms in total. The van der Waals surface area contributed by atoms with E-state index < -0.39 is 0 Å². The Kier molecular flexibility index (Phi) is 8.51. The summed E-state index contributed by atoms with van der Waals surface area (Å²) in [6, 6.07) is 7.56. The van der Waals surface area contributed by atoms with Gasteiger partial charge in [0.15, 0.2) is 5.78 Å². The lowest BCUT2D eigenvalue weighted by atomic mass is 9.84. The largest absolute Gasteiger partial charge is 0.494 e. The lowest BCUT2D eigenvalue weighted by molar-refractivity contribution is -0.119. The molecule has 0 atom stereocenters. The van der Waals surface area contributed by atoms with Gasteiger partial charge >= 0.3 is 0 Å². The lowest BCUT2D eigenvalue weighted by Gasteiger charge is -2.28. The summed E-state index contributed by atoms with van der Waals surface area (Å²) in [5.41, 5.74) is 4.58. The highest BCUT2D eigenvalue weighted by molar-refractivity contribution is 6.06. The fourth-order valence-corrected chi connectivity index (χ4v) is 4.52. The molecular formula is C29H40N4O4. The molecule has 200 valence electrons. The van der Waals surface area contributed by atoms with Gasteiger partial charge in [-0.25, -0.2) is 0 Å². The van der Waals surface area contributed by atoms with Gasteiger partial charge in [-0.2, -0.15) is 0 Å². The molecule has 0 unspecified atom stereocenters. The molecule has 2 aromatic carbocycles. The second-order valence-corrected chi connectivity index (χ2v) is 10.5. The zero-order chi connectivity index (χ0) is 27.5. The molecule has 8 heteroatoms. The number of nitrogens with one attached hydrogen (secondary N) is 2. The highest BCUT2D eigenvalue weighted by Gasteiger charge is 2.30. The van der Waals surface area contributed by atoms with Gasteiger partial charge in [0.05, 0.1) is 31.9 Å². The van der Waals surface area contributed by atoms with Gasteiger partial charge in [-0.3, -0.25) is 15.0 Å². The Bertz CT molecular complexity index is 1200. The van der Waals surface area contributed by atoms with Gasteiger partial charge < -0.3 is 24.6 Å². The van der Waals surface area contributed by atoms with Crippen LogP contribution in [0, 0.1) is 5.41 Å². The van der Waals surface area contributed by atoms with Crippen LogP contribution >= 0.6 is 0 Å². The molecule has 3 rings (SSSR count). The van der Waals surface area contributed by atoms with Crippen molar-refractivity contribution in [2.45, 2.75) is 53.0 Å². The number of ketones is 1. The molecule has 2 aromatic rings. The molecule has 0 radical (unpaired) electrons. The number of hydrogen-bond acceptors (Lipinski definition) is 6. The average molecular weight is 509 g/mol. The minimum Gasteiger partial charge on any atom is -0.494 e. The number of likely N-dealkylation sites (N-methyl/N-ethyl adjacent to an activating group) is 1. The second-order valence-electron chi connectivity index (χ2n) is 10.5. The van der Waals surface area contributed by atoms with Gasteiger partial charge in [-0.15, -0.1) is 0 Å². The van der Waals surface area contributed by atoms with Crippen molar-refractivity contribution in [3.63, 3.8) is 0 Å². The monoisotopic (exact) mass is 508 g/mol. The maximum absolute atomic E-state index is 13.6. The fraction of sp³-hybridized carbons (Fsp3) is 0.483. The first-order valence-electron chi connectivity index (χ1n) is 12.8. The number of rotatable bonds is 10. The highest BCUT2D eigenvalue weighted by Crippen LogP contribution is 2.40. The number of nitrogens with zero attached hydrogens (tertiary/aromatic N) is 2. The molecule has 0 bridgehead atoms. The summed E-state index contributed by atoms with van der Waals surface area (Å²) in [5.74, 6) is 1.52. The van der Waals surface area contributed by atoms with Crippen LogP contribution in [0.15, 0.2) is 24.3 Å². The minimum atomic E-state index is -0.223. The molecule has 0 spiro atoms. The lowest BCUT2D eigenvalue weighted by Crippen LogP contribution is -2.30. The van der Waals surface area contributed by atoms with Crippen LogP contribution in [0.2, 0.25) is 0 Å². The Morgan fingerprint density at radius 2 is 1.76 bits per heavy atom. The van der Waals surface area contributed by atoms with Crippen molar-refractivity contribution >= 4 is 23.2 Å².